The quantitative estimate of drug-likeness (QED) is 0.765. The van der Waals surface area contributed by atoms with Gasteiger partial charge in [0.15, 0.2) is 0 Å². The van der Waals surface area contributed by atoms with Crippen LogP contribution in [0.15, 0.2) is 24.3 Å². The van der Waals surface area contributed by atoms with E-state index in [9.17, 15) is 0 Å². The van der Waals surface area contributed by atoms with Crippen molar-refractivity contribution in [1.29, 1.82) is 0 Å². The lowest BCUT2D eigenvalue weighted by Gasteiger charge is -2.25. The summed E-state index contributed by atoms with van der Waals surface area (Å²) in [5.74, 6) is 0.724. The molecule has 0 heterocycles. The molecule has 0 radical (unpaired) electrons. The first-order valence-corrected chi connectivity index (χ1v) is 7.78. The zero-order valence-electron chi connectivity index (χ0n) is 14.2. The van der Waals surface area contributed by atoms with Gasteiger partial charge in [0.25, 0.3) is 0 Å². The Bertz CT molecular complexity index is 391. The Kier molecular flexibility index (Phi) is 6.70. The zero-order chi connectivity index (χ0) is 15.2. The van der Waals surface area contributed by atoms with Crippen LogP contribution in [0.3, 0.4) is 0 Å². The molecule has 1 N–H and O–H groups in total. The molecule has 0 fully saturated rings. The molecule has 0 bridgehead atoms. The summed E-state index contributed by atoms with van der Waals surface area (Å²) in [4.78, 5) is 2.40. The summed E-state index contributed by atoms with van der Waals surface area (Å²) in [5.41, 5.74) is 3.13. The number of hydrogen-bond donors (Lipinski definition) is 1. The topological polar surface area (TPSA) is 15.3 Å². The Labute approximate surface area is 125 Å². The minimum Gasteiger partial charge on any atom is -0.315 e. The van der Waals surface area contributed by atoms with E-state index in [0.717, 1.165) is 32.1 Å². The fraction of sp³-hybridized carbons (Fsp3) is 0.667. The molecule has 1 aromatic carbocycles. The van der Waals surface area contributed by atoms with E-state index in [4.69, 9.17) is 0 Å². The highest BCUT2D eigenvalue weighted by molar-refractivity contribution is 5.32. The van der Waals surface area contributed by atoms with Crippen LogP contribution in [0.2, 0.25) is 0 Å². The molecule has 1 aromatic rings. The van der Waals surface area contributed by atoms with Crippen LogP contribution in [-0.4, -0.2) is 31.6 Å². The van der Waals surface area contributed by atoms with Crippen LogP contribution in [0.25, 0.3) is 0 Å². The van der Waals surface area contributed by atoms with Gasteiger partial charge in [0, 0.05) is 19.6 Å². The third-order valence-electron chi connectivity index (χ3n) is 3.49. The summed E-state index contributed by atoms with van der Waals surface area (Å²) in [6.07, 6.45) is 0. The Hall–Kier alpha value is -0.860. The van der Waals surface area contributed by atoms with E-state index < -0.39 is 0 Å². The highest BCUT2D eigenvalue weighted by Gasteiger charge is 2.17. The molecule has 0 amide bonds. The second-order valence-corrected chi connectivity index (χ2v) is 7.24. The molecular formula is C18H32N2. The van der Waals surface area contributed by atoms with Gasteiger partial charge < -0.3 is 10.2 Å². The lowest BCUT2D eigenvalue weighted by atomic mass is 9.83. The van der Waals surface area contributed by atoms with Crippen molar-refractivity contribution in [2.45, 2.75) is 46.6 Å². The highest BCUT2D eigenvalue weighted by atomic mass is 15.1. The molecular weight excluding hydrogens is 244 g/mol. The van der Waals surface area contributed by atoms with Crippen molar-refractivity contribution in [2.24, 2.45) is 5.92 Å². The Morgan fingerprint density at radius 3 is 2.40 bits per heavy atom. The number of nitrogens with one attached hydrogen (secondary N) is 1. The molecule has 1 rings (SSSR count). The molecule has 2 nitrogen and oxygen atoms in total. The van der Waals surface area contributed by atoms with E-state index in [-0.39, 0.29) is 5.41 Å². The first kappa shape index (κ1) is 17.2. The van der Waals surface area contributed by atoms with Crippen LogP contribution in [0.1, 0.15) is 45.7 Å². The Morgan fingerprint density at radius 2 is 1.80 bits per heavy atom. The third kappa shape index (κ3) is 6.06. The maximum atomic E-state index is 3.50. The molecule has 0 aliphatic carbocycles. The first-order chi connectivity index (χ1) is 9.30. The Balaban J connectivity index is 2.52. The fourth-order valence-electron chi connectivity index (χ4n) is 2.42. The molecule has 0 aromatic heterocycles. The predicted octanol–water partition coefficient (Wildman–Crippen LogP) is 3.66. The lowest BCUT2D eigenvalue weighted by molar-refractivity contribution is 0.319. The van der Waals surface area contributed by atoms with Crippen molar-refractivity contribution in [3.63, 3.8) is 0 Å². The minimum atomic E-state index is 0.216. The van der Waals surface area contributed by atoms with E-state index in [1.807, 2.05) is 0 Å². The molecule has 114 valence electrons. The fourth-order valence-corrected chi connectivity index (χ4v) is 2.42. The van der Waals surface area contributed by atoms with Crippen molar-refractivity contribution >= 4 is 0 Å². The summed E-state index contributed by atoms with van der Waals surface area (Å²) < 4.78 is 0. The van der Waals surface area contributed by atoms with Gasteiger partial charge in [-0.1, -0.05) is 58.9 Å². The first-order valence-electron chi connectivity index (χ1n) is 7.78. The lowest BCUT2D eigenvalue weighted by Crippen LogP contribution is -2.31. The second kappa shape index (κ2) is 7.80. The smallest absolute Gasteiger partial charge is 0.0234 e. The molecule has 0 saturated carbocycles. The number of hydrogen-bond acceptors (Lipinski definition) is 2. The van der Waals surface area contributed by atoms with Crippen molar-refractivity contribution in [1.82, 2.24) is 10.2 Å². The highest BCUT2D eigenvalue weighted by Crippen LogP contribution is 2.26. The molecule has 2 heteroatoms. The van der Waals surface area contributed by atoms with Crippen LogP contribution in [0.4, 0.5) is 0 Å². The normalized spacial score (nSPS) is 12.4. The zero-order valence-corrected chi connectivity index (χ0v) is 14.2. The molecule has 0 atom stereocenters. The maximum Gasteiger partial charge on any atom is 0.0234 e. The maximum absolute atomic E-state index is 3.50. The van der Waals surface area contributed by atoms with Gasteiger partial charge in [0.1, 0.15) is 0 Å². The predicted molar refractivity (Wildman–Crippen MR) is 89.2 cm³/mol. The third-order valence-corrected chi connectivity index (χ3v) is 3.49. The van der Waals surface area contributed by atoms with E-state index in [1.165, 1.54) is 11.1 Å². The Morgan fingerprint density at radius 1 is 1.15 bits per heavy atom. The summed E-state index contributed by atoms with van der Waals surface area (Å²) in [5, 5.41) is 3.50. The monoisotopic (exact) mass is 276 g/mol. The molecule has 0 unspecified atom stereocenters. The van der Waals surface area contributed by atoms with E-state index in [2.05, 4.69) is 76.1 Å². The summed E-state index contributed by atoms with van der Waals surface area (Å²) >= 11 is 0. The van der Waals surface area contributed by atoms with Gasteiger partial charge in [0.2, 0.25) is 0 Å². The molecule has 0 aliphatic rings. The number of benzene rings is 1. The second-order valence-electron chi connectivity index (χ2n) is 7.24. The van der Waals surface area contributed by atoms with Crippen LogP contribution >= 0.6 is 0 Å². The molecule has 0 saturated heterocycles. The van der Waals surface area contributed by atoms with Crippen molar-refractivity contribution in [3.8, 4) is 0 Å². The van der Waals surface area contributed by atoms with Gasteiger partial charge in [-0.05, 0) is 36.1 Å². The minimum absolute atomic E-state index is 0.216. The summed E-state index contributed by atoms with van der Waals surface area (Å²) in [7, 11) is 2.20. The van der Waals surface area contributed by atoms with E-state index in [1.54, 1.807) is 0 Å². The number of rotatable bonds is 7. The van der Waals surface area contributed by atoms with Crippen LogP contribution in [0, 0.1) is 5.92 Å². The van der Waals surface area contributed by atoms with Crippen molar-refractivity contribution < 1.29 is 0 Å². The average Bonchev–Trinajstić information content (AvgIpc) is 2.34. The van der Waals surface area contributed by atoms with Gasteiger partial charge in [-0.25, -0.2) is 0 Å². The van der Waals surface area contributed by atoms with Gasteiger partial charge in [-0.15, -0.1) is 0 Å². The van der Waals surface area contributed by atoms with Crippen LogP contribution < -0.4 is 5.32 Å². The van der Waals surface area contributed by atoms with Crippen LogP contribution in [0.5, 0.6) is 0 Å². The largest absolute Gasteiger partial charge is 0.315 e. The average molecular weight is 276 g/mol. The summed E-state index contributed by atoms with van der Waals surface area (Å²) in [6, 6.07) is 8.82. The summed E-state index contributed by atoms with van der Waals surface area (Å²) in [6.45, 7) is 15.6. The number of nitrogens with zero attached hydrogens (tertiary/aromatic N) is 1. The van der Waals surface area contributed by atoms with Gasteiger partial charge in [0.05, 0.1) is 0 Å². The van der Waals surface area contributed by atoms with Crippen LogP contribution in [-0.2, 0) is 12.0 Å². The van der Waals surface area contributed by atoms with Crippen molar-refractivity contribution in [2.75, 3.05) is 26.7 Å². The standard InChI is InChI=1S/C18H32N2/c1-15(2)13-19-11-12-20(6)14-16-9-7-8-10-17(16)18(3,4)5/h7-10,15,19H,11-14H2,1-6H3. The SMILES string of the molecule is CC(C)CNCCN(C)Cc1ccccc1C(C)(C)C. The van der Waals surface area contributed by atoms with E-state index in [0.29, 0.717) is 0 Å². The molecule has 0 aliphatic heterocycles. The van der Waals surface area contributed by atoms with E-state index >= 15 is 0 Å². The number of likely N-dealkylation sites (N-methyl/N-ethyl adjacent to an activating group) is 1. The van der Waals surface area contributed by atoms with Crippen molar-refractivity contribution in [3.05, 3.63) is 35.4 Å². The molecule has 0 spiro atoms. The van der Waals surface area contributed by atoms with Gasteiger partial charge in [-0.2, -0.15) is 0 Å². The molecule has 20 heavy (non-hydrogen) atoms. The van der Waals surface area contributed by atoms with Gasteiger partial charge >= 0.3 is 0 Å². The van der Waals surface area contributed by atoms with Gasteiger partial charge in [-0.3, -0.25) is 0 Å².